The van der Waals surface area contributed by atoms with Crippen molar-refractivity contribution in [2.75, 3.05) is 19.7 Å². The van der Waals surface area contributed by atoms with E-state index in [0.29, 0.717) is 11.3 Å². The van der Waals surface area contributed by atoms with Crippen LogP contribution in [0.5, 0.6) is 5.75 Å². The molecule has 0 saturated carbocycles. The summed E-state index contributed by atoms with van der Waals surface area (Å²) in [7, 11) is 0. The first-order chi connectivity index (χ1) is 14.3. The summed E-state index contributed by atoms with van der Waals surface area (Å²) in [5.41, 5.74) is -1.16. The summed E-state index contributed by atoms with van der Waals surface area (Å²) in [6.07, 6.45) is 0. The molecule has 10 heteroatoms. The first-order valence-electron chi connectivity index (χ1n) is 9.15. The Morgan fingerprint density at radius 3 is 2.47 bits per heavy atom. The van der Waals surface area contributed by atoms with Gasteiger partial charge < -0.3 is 15.4 Å². The molecule has 4 amide bonds. The molecule has 1 aliphatic rings. The number of amides is 4. The molecule has 0 radical (unpaired) electrons. The molecular weight excluding hydrogens is 392 g/mol. The zero-order chi connectivity index (χ0) is 21.7. The van der Waals surface area contributed by atoms with Gasteiger partial charge in [0, 0.05) is 12.1 Å². The number of nitro benzene ring substituents is 1. The lowest BCUT2D eigenvalue weighted by molar-refractivity contribution is -0.384. The van der Waals surface area contributed by atoms with Crippen molar-refractivity contribution in [2.45, 2.75) is 12.5 Å². The van der Waals surface area contributed by atoms with Crippen molar-refractivity contribution in [1.82, 2.24) is 15.5 Å². The lowest BCUT2D eigenvalue weighted by atomic mass is 9.92. The van der Waals surface area contributed by atoms with Gasteiger partial charge in [0.25, 0.3) is 11.6 Å². The fraction of sp³-hybridized carbons (Fsp3) is 0.250. The van der Waals surface area contributed by atoms with E-state index in [4.69, 9.17) is 4.74 Å². The molecule has 0 spiro atoms. The number of hydrogen-bond donors (Lipinski definition) is 2. The Labute approximate surface area is 172 Å². The maximum atomic E-state index is 12.8. The van der Waals surface area contributed by atoms with Crippen molar-refractivity contribution in [3.8, 4) is 5.75 Å². The van der Waals surface area contributed by atoms with Crippen LogP contribution in [0.3, 0.4) is 0 Å². The first-order valence-corrected chi connectivity index (χ1v) is 9.15. The van der Waals surface area contributed by atoms with Gasteiger partial charge in [-0.15, -0.1) is 0 Å². The molecule has 2 N–H and O–H groups in total. The summed E-state index contributed by atoms with van der Waals surface area (Å²) in [4.78, 5) is 48.3. The number of imide groups is 1. The van der Waals surface area contributed by atoms with Crippen LogP contribution in [0, 0.1) is 10.1 Å². The smallest absolute Gasteiger partial charge is 0.325 e. The number of carbonyl (C=O) groups is 3. The Morgan fingerprint density at radius 1 is 1.17 bits per heavy atom. The minimum atomic E-state index is -1.41. The van der Waals surface area contributed by atoms with Crippen molar-refractivity contribution >= 4 is 23.5 Å². The van der Waals surface area contributed by atoms with Crippen LogP contribution in [0.4, 0.5) is 10.5 Å². The summed E-state index contributed by atoms with van der Waals surface area (Å²) < 4.78 is 5.46. The number of ether oxygens (including phenoxy) is 1. The molecule has 3 rings (SSSR count). The third-order valence-corrected chi connectivity index (χ3v) is 4.67. The molecule has 2 aromatic rings. The van der Waals surface area contributed by atoms with Gasteiger partial charge in [0.2, 0.25) is 5.91 Å². The van der Waals surface area contributed by atoms with Crippen LogP contribution in [0.1, 0.15) is 12.5 Å². The summed E-state index contributed by atoms with van der Waals surface area (Å²) in [5.74, 6) is -0.458. The molecule has 1 heterocycles. The van der Waals surface area contributed by atoms with Crippen LogP contribution in [-0.4, -0.2) is 47.4 Å². The highest BCUT2D eigenvalue weighted by atomic mass is 16.6. The molecule has 0 bridgehead atoms. The van der Waals surface area contributed by atoms with Crippen molar-refractivity contribution in [3.05, 3.63) is 70.3 Å². The number of benzene rings is 2. The first kappa shape index (κ1) is 20.8. The van der Waals surface area contributed by atoms with E-state index in [-0.39, 0.29) is 18.8 Å². The minimum absolute atomic E-state index is 0.131. The molecule has 1 aliphatic heterocycles. The van der Waals surface area contributed by atoms with Gasteiger partial charge in [-0.3, -0.25) is 24.6 Å². The second-order valence-corrected chi connectivity index (χ2v) is 6.76. The van der Waals surface area contributed by atoms with Gasteiger partial charge in [-0.1, -0.05) is 18.2 Å². The predicted octanol–water partition coefficient (Wildman–Crippen LogP) is 1.56. The third-order valence-electron chi connectivity index (χ3n) is 4.67. The van der Waals surface area contributed by atoms with Crippen molar-refractivity contribution in [3.63, 3.8) is 0 Å². The molecule has 0 aliphatic carbocycles. The highest BCUT2D eigenvalue weighted by Crippen LogP contribution is 2.29. The summed E-state index contributed by atoms with van der Waals surface area (Å²) in [6, 6.07) is 13.7. The number of hydrogen-bond acceptors (Lipinski definition) is 6. The molecule has 1 saturated heterocycles. The van der Waals surface area contributed by atoms with Crippen LogP contribution in [0.25, 0.3) is 0 Å². The number of non-ortho nitro benzene ring substituents is 1. The zero-order valence-electron chi connectivity index (χ0n) is 16.2. The number of para-hydroxylation sites is 1. The average Bonchev–Trinajstić information content (AvgIpc) is 2.96. The molecule has 0 unspecified atom stereocenters. The van der Waals surface area contributed by atoms with Crippen LogP contribution in [-0.2, 0) is 15.1 Å². The van der Waals surface area contributed by atoms with Crippen molar-refractivity contribution in [1.29, 1.82) is 0 Å². The molecular formula is C20H20N4O6. The molecule has 2 aromatic carbocycles. The molecule has 0 aromatic heterocycles. The van der Waals surface area contributed by atoms with E-state index in [0.717, 1.165) is 4.90 Å². The van der Waals surface area contributed by atoms with E-state index in [1.807, 2.05) is 18.2 Å². The van der Waals surface area contributed by atoms with Crippen LogP contribution in [0.2, 0.25) is 0 Å². The molecule has 1 atom stereocenters. The third kappa shape index (κ3) is 4.37. The number of carbonyl (C=O) groups excluding carboxylic acids is 3. The predicted molar refractivity (Wildman–Crippen MR) is 106 cm³/mol. The maximum absolute atomic E-state index is 12.8. The van der Waals surface area contributed by atoms with Gasteiger partial charge in [0.1, 0.15) is 24.4 Å². The quantitative estimate of drug-likeness (QED) is 0.293. The maximum Gasteiger partial charge on any atom is 0.325 e. The Morgan fingerprint density at radius 2 is 1.83 bits per heavy atom. The monoisotopic (exact) mass is 412 g/mol. The number of nitrogens with zero attached hydrogens (tertiary/aromatic N) is 2. The van der Waals surface area contributed by atoms with Crippen LogP contribution < -0.4 is 15.4 Å². The number of urea groups is 1. The lowest BCUT2D eigenvalue weighted by Crippen LogP contribution is -2.43. The SMILES string of the molecule is C[C@]1(c2ccc([N+](=O)[O-])cc2)NC(=O)N(CC(=O)NCCOc2ccccc2)C1=O. The molecule has 30 heavy (non-hydrogen) atoms. The Balaban J connectivity index is 1.56. The van der Waals surface area contributed by atoms with Crippen molar-refractivity contribution in [2.24, 2.45) is 0 Å². The van der Waals surface area contributed by atoms with Gasteiger partial charge in [0.15, 0.2) is 0 Å². The van der Waals surface area contributed by atoms with Gasteiger partial charge >= 0.3 is 6.03 Å². The average molecular weight is 412 g/mol. The zero-order valence-corrected chi connectivity index (χ0v) is 16.2. The summed E-state index contributed by atoms with van der Waals surface area (Å²) in [6.45, 7) is 1.48. The summed E-state index contributed by atoms with van der Waals surface area (Å²) >= 11 is 0. The lowest BCUT2D eigenvalue weighted by Gasteiger charge is -2.22. The second-order valence-electron chi connectivity index (χ2n) is 6.76. The molecule has 1 fully saturated rings. The van der Waals surface area contributed by atoms with E-state index in [9.17, 15) is 24.5 Å². The minimum Gasteiger partial charge on any atom is -0.492 e. The number of rotatable bonds is 8. The molecule has 10 nitrogen and oxygen atoms in total. The normalized spacial score (nSPS) is 18.1. The summed E-state index contributed by atoms with van der Waals surface area (Å²) in [5, 5.41) is 15.9. The Kier molecular flexibility index (Phi) is 5.95. The van der Waals surface area contributed by atoms with E-state index >= 15 is 0 Å². The highest BCUT2D eigenvalue weighted by molar-refractivity contribution is 6.09. The van der Waals surface area contributed by atoms with Crippen LogP contribution >= 0.6 is 0 Å². The molecule has 156 valence electrons. The standard InChI is InChI=1S/C20H20N4O6/c1-20(14-7-9-15(10-8-14)24(28)29)18(26)23(19(27)22-20)13-17(25)21-11-12-30-16-5-3-2-4-6-16/h2-10H,11-13H2,1H3,(H,21,25)(H,22,27)/t20-/m1/s1. The van der Waals surface area contributed by atoms with E-state index in [1.165, 1.54) is 31.2 Å². The van der Waals surface area contributed by atoms with E-state index < -0.39 is 34.9 Å². The van der Waals surface area contributed by atoms with Crippen LogP contribution in [0.15, 0.2) is 54.6 Å². The van der Waals surface area contributed by atoms with Gasteiger partial charge in [-0.25, -0.2) is 4.79 Å². The largest absolute Gasteiger partial charge is 0.492 e. The van der Waals surface area contributed by atoms with E-state index in [1.54, 1.807) is 12.1 Å². The fourth-order valence-corrected chi connectivity index (χ4v) is 3.03. The number of nitro groups is 1. The van der Waals surface area contributed by atoms with Crippen molar-refractivity contribution < 1.29 is 24.0 Å². The Hall–Kier alpha value is -3.95. The highest BCUT2D eigenvalue weighted by Gasteiger charge is 2.49. The Bertz CT molecular complexity index is 963. The van der Waals surface area contributed by atoms with E-state index in [2.05, 4.69) is 10.6 Å². The van der Waals surface area contributed by atoms with Gasteiger partial charge in [-0.2, -0.15) is 0 Å². The fourth-order valence-electron chi connectivity index (χ4n) is 3.03. The van der Waals surface area contributed by atoms with Gasteiger partial charge in [-0.05, 0) is 36.8 Å². The number of nitrogens with one attached hydrogen (secondary N) is 2. The van der Waals surface area contributed by atoms with Gasteiger partial charge in [0.05, 0.1) is 11.5 Å². The second kappa shape index (κ2) is 8.60. The topological polar surface area (TPSA) is 131 Å².